The summed E-state index contributed by atoms with van der Waals surface area (Å²) in [5.74, 6) is 1.84. The minimum absolute atomic E-state index is 0.0617. The summed E-state index contributed by atoms with van der Waals surface area (Å²) in [7, 11) is 1.55. The van der Waals surface area contributed by atoms with Crippen LogP contribution >= 0.6 is 15.9 Å². The number of halogens is 1. The number of nitrogens with one attached hydrogen (secondary N) is 1. The van der Waals surface area contributed by atoms with Crippen LogP contribution in [0.3, 0.4) is 0 Å². The van der Waals surface area contributed by atoms with Crippen LogP contribution in [-0.4, -0.2) is 36.4 Å². The minimum atomic E-state index is -0.490. The summed E-state index contributed by atoms with van der Waals surface area (Å²) in [5.41, 5.74) is 0.804. The monoisotopic (exact) mass is 433 g/mol. The van der Waals surface area contributed by atoms with Gasteiger partial charge >= 0.3 is 0 Å². The van der Waals surface area contributed by atoms with Gasteiger partial charge in [-0.05, 0) is 52.5 Å². The number of nitrogens with zero attached hydrogens (tertiary/aromatic N) is 2. The lowest BCUT2D eigenvalue weighted by Crippen LogP contribution is -2.38. The first-order valence-electron chi connectivity index (χ1n) is 8.40. The molecule has 0 atom stereocenters. The summed E-state index contributed by atoms with van der Waals surface area (Å²) >= 11 is 3.49. The van der Waals surface area contributed by atoms with Crippen molar-refractivity contribution in [1.29, 1.82) is 5.41 Å². The highest BCUT2D eigenvalue weighted by atomic mass is 79.9. The number of methoxy groups -OCH3 is 1. The average Bonchev–Trinajstić information content (AvgIpc) is 2.97. The molecule has 8 heteroatoms. The lowest BCUT2D eigenvalue weighted by atomic mass is 10.1. The number of amidine groups is 2. The third-order valence-electron chi connectivity index (χ3n) is 3.80. The van der Waals surface area contributed by atoms with Crippen molar-refractivity contribution in [2.75, 3.05) is 13.7 Å². The molecule has 7 nitrogen and oxygen atoms in total. The smallest absolute Gasteiger partial charge is 0.282 e. The second-order valence-corrected chi connectivity index (χ2v) is 7.42. The molecule has 2 heterocycles. The fourth-order valence-corrected chi connectivity index (χ4v) is 3.15. The van der Waals surface area contributed by atoms with Crippen LogP contribution in [0.4, 0.5) is 0 Å². The highest BCUT2D eigenvalue weighted by Gasteiger charge is 2.34. The van der Waals surface area contributed by atoms with Gasteiger partial charge in [0, 0.05) is 6.08 Å². The van der Waals surface area contributed by atoms with Gasteiger partial charge in [-0.15, -0.1) is 5.06 Å². The molecule has 27 heavy (non-hydrogen) atoms. The van der Waals surface area contributed by atoms with Crippen LogP contribution in [0.15, 0.2) is 39.0 Å². The van der Waals surface area contributed by atoms with Crippen molar-refractivity contribution in [2.45, 2.75) is 20.8 Å². The van der Waals surface area contributed by atoms with E-state index in [1.807, 2.05) is 0 Å². The summed E-state index contributed by atoms with van der Waals surface area (Å²) in [5, 5.41) is 9.51. The number of carbonyl (C=O) groups is 1. The topological polar surface area (TPSA) is 84.2 Å². The molecule has 1 amide bonds. The number of hydroxylamine groups is 2. The van der Waals surface area contributed by atoms with Gasteiger partial charge < -0.3 is 14.3 Å². The maximum Gasteiger partial charge on any atom is 0.282 e. The van der Waals surface area contributed by atoms with E-state index in [1.165, 1.54) is 5.06 Å². The molecule has 0 aromatic heterocycles. The van der Waals surface area contributed by atoms with Crippen molar-refractivity contribution < 1.29 is 19.1 Å². The SMILES string of the molecule is COc1cc(/C=C2\C(=N)N3OC(C)=CC3=NC2=O)cc(Br)c1OCC(C)C. The largest absolute Gasteiger partial charge is 0.493 e. The number of carbonyl (C=O) groups excluding carboxylic acids is 1. The zero-order valence-electron chi connectivity index (χ0n) is 15.5. The maximum absolute atomic E-state index is 12.4. The Balaban J connectivity index is 1.94. The van der Waals surface area contributed by atoms with E-state index in [4.69, 9.17) is 19.7 Å². The first-order chi connectivity index (χ1) is 12.8. The molecule has 0 aliphatic carbocycles. The van der Waals surface area contributed by atoms with Gasteiger partial charge in [-0.3, -0.25) is 10.2 Å². The number of hydrogen-bond acceptors (Lipinski definition) is 5. The Hall–Kier alpha value is -2.61. The molecule has 0 unspecified atom stereocenters. The summed E-state index contributed by atoms with van der Waals surface area (Å²) in [6, 6.07) is 3.56. The van der Waals surface area contributed by atoms with E-state index in [0.29, 0.717) is 45.7 Å². The van der Waals surface area contributed by atoms with Gasteiger partial charge in [0.05, 0.1) is 23.8 Å². The van der Waals surface area contributed by atoms with Crippen molar-refractivity contribution in [1.82, 2.24) is 5.06 Å². The second kappa shape index (κ2) is 7.56. The minimum Gasteiger partial charge on any atom is -0.493 e. The van der Waals surface area contributed by atoms with E-state index < -0.39 is 5.91 Å². The molecule has 0 bridgehead atoms. The van der Waals surface area contributed by atoms with Crippen molar-refractivity contribution in [3.63, 3.8) is 0 Å². The number of allylic oxidation sites excluding steroid dienone is 1. The number of ether oxygens (including phenoxy) is 2. The van der Waals surface area contributed by atoms with Crippen molar-refractivity contribution in [3.8, 4) is 11.5 Å². The van der Waals surface area contributed by atoms with Gasteiger partial charge in [0.25, 0.3) is 5.91 Å². The molecule has 2 aliphatic heterocycles. The zero-order chi connectivity index (χ0) is 19.7. The highest BCUT2D eigenvalue weighted by molar-refractivity contribution is 9.10. The summed E-state index contributed by atoms with van der Waals surface area (Å²) in [6.07, 6.45) is 3.20. The molecule has 3 rings (SSSR count). The number of benzene rings is 1. The number of hydrogen-bond donors (Lipinski definition) is 1. The van der Waals surface area contributed by atoms with Gasteiger partial charge in [0.15, 0.2) is 23.2 Å². The Labute approximate surface area is 165 Å². The molecule has 0 fully saturated rings. The number of amides is 1. The molecule has 2 aliphatic rings. The molecular weight excluding hydrogens is 414 g/mol. The van der Waals surface area contributed by atoms with Crippen LogP contribution < -0.4 is 9.47 Å². The molecule has 1 N–H and O–H groups in total. The Morgan fingerprint density at radius 1 is 1.41 bits per heavy atom. The van der Waals surface area contributed by atoms with Gasteiger partial charge in [-0.25, -0.2) is 0 Å². The lowest BCUT2D eigenvalue weighted by molar-refractivity contribution is -0.114. The highest BCUT2D eigenvalue weighted by Crippen LogP contribution is 2.38. The van der Waals surface area contributed by atoms with Gasteiger partial charge in [-0.2, -0.15) is 4.99 Å². The first kappa shape index (κ1) is 19.2. The molecule has 1 aromatic rings. The predicted molar refractivity (Wildman–Crippen MR) is 106 cm³/mol. The third kappa shape index (κ3) is 3.90. The molecule has 142 valence electrons. The van der Waals surface area contributed by atoms with Crippen LogP contribution in [0, 0.1) is 11.3 Å². The van der Waals surface area contributed by atoms with Gasteiger partial charge in [0.2, 0.25) is 0 Å². The van der Waals surface area contributed by atoms with E-state index in [1.54, 1.807) is 38.3 Å². The number of aliphatic imine (C=N–C) groups is 1. The number of rotatable bonds is 5. The fourth-order valence-electron chi connectivity index (χ4n) is 2.58. The fraction of sp³-hybridized carbons (Fsp3) is 0.316. The van der Waals surface area contributed by atoms with Crippen LogP contribution in [0.1, 0.15) is 26.3 Å². The molecule has 0 spiro atoms. The molecular formula is C19H20BrN3O4. The summed E-state index contributed by atoms with van der Waals surface area (Å²) < 4.78 is 11.9. The second-order valence-electron chi connectivity index (χ2n) is 6.56. The van der Waals surface area contributed by atoms with Crippen LogP contribution in [0.25, 0.3) is 6.08 Å². The van der Waals surface area contributed by atoms with Crippen molar-refractivity contribution in [3.05, 3.63) is 39.6 Å². The van der Waals surface area contributed by atoms with Crippen molar-refractivity contribution in [2.24, 2.45) is 10.9 Å². The quantitative estimate of drug-likeness (QED) is 0.710. The predicted octanol–water partition coefficient (Wildman–Crippen LogP) is 3.94. The van der Waals surface area contributed by atoms with E-state index in [-0.39, 0.29) is 11.4 Å². The Morgan fingerprint density at radius 3 is 2.81 bits per heavy atom. The lowest BCUT2D eigenvalue weighted by Gasteiger charge is -2.23. The zero-order valence-corrected chi connectivity index (χ0v) is 17.1. The number of fused-ring (bicyclic) bond motifs is 1. The average molecular weight is 434 g/mol. The molecule has 0 saturated heterocycles. The molecule has 1 aromatic carbocycles. The Kier molecular flexibility index (Phi) is 5.36. The van der Waals surface area contributed by atoms with E-state index >= 15 is 0 Å². The van der Waals surface area contributed by atoms with Gasteiger partial charge in [-0.1, -0.05) is 13.8 Å². The molecule has 0 radical (unpaired) electrons. The Bertz CT molecular complexity index is 902. The summed E-state index contributed by atoms with van der Waals surface area (Å²) in [4.78, 5) is 21.8. The van der Waals surface area contributed by atoms with E-state index in [0.717, 1.165) is 0 Å². The van der Waals surface area contributed by atoms with Crippen LogP contribution in [0.2, 0.25) is 0 Å². The van der Waals surface area contributed by atoms with Crippen LogP contribution in [-0.2, 0) is 9.63 Å². The normalized spacial score (nSPS) is 17.7. The van der Waals surface area contributed by atoms with Gasteiger partial charge in [0.1, 0.15) is 5.76 Å². The standard InChI is InChI=1S/C19H20BrN3O4/c1-10(2)9-26-17-14(20)7-12(8-15(17)25-4)6-13-18(21)23-16(22-19(13)24)5-11(3)27-23/h5-8,10,21H,9H2,1-4H3/b13-6+,21-18?. The van der Waals surface area contributed by atoms with E-state index in [9.17, 15) is 4.79 Å². The maximum atomic E-state index is 12.4. The van der Waals surface area contributed by atoms with Crippen molar-refractivity contribution >= 4 is 39.6 Å². The third-order valence-corrected chi connectivity index (χ3v) is 4.39. The Morgan fingerprint density at radius 2 is 2.15 bits per heavy atom. The molecule has 0 saturated carbocycles. The summed E-state index contributed by atoms with van der Waals surface area (Å²) in [6.45, 7) is 6.41. The van der Waals surface area contributed by atoms with E-state index in [2.05, 4.69) is 34.8 Å². The first-order valence-corrected chi connectivity index (χ1v) is 9.19. The van der Waals surface area contributed by atoms with Crippen LogP contribution in [0.5, 0.6) is 11.5 Å².